The van der Waals surface area contributed by atoms with Crippen LogP contribution in [0.4, 0.5) is 0 Å². The summed E-state index contributed by atoms with van der Waals surface area (Å²) in [6.45, 7) is 7.01. The second kappa shape index (κ2) is 5.10. The molecule has 0 aliphatic carbocycles. The van der Waals surface area contributed by atoms with Crippen LogP contribution in [0.2, 0.25) is 0 Å². The van der Waals surface area contributed by atoms with E-state index in [1.54, 1.807) is 11.6 Å². The van der Waals surface area contributed by atoms with Crippen LogP contribution in [0, 0.1) is 5.92 Å². The summed E-state index contributed by atoms with van der Waals surface area (Å²) >= 11 is 0. The number of aliphatic hydroxyl groups excluding tert-OH is 1. The van der Waals surface area contributed by atoms with Crippen molar-refractivity contribution in [3.05, 3.63) is 11.9 Å². The summed E-state index contributed by atoms with van der Waals surface area (Å²) in [5, 5.41) is 17.1. The summed E-state index contributed by atoms with van der Waals surface area (Å²) in [5.41, 5.74) is 0.648. The summed E-state index contributed by atoms with van der Waals surface area (Å²) in [4.78, 5) is 0. The van der Waals surface area contributed by atoms with Crippen molar-refractivity contribution in [1.82, 2.24) is 15.0 Å². The zero-order valence-electron chi connectivity index (χ0n) is 9.14. The third-order valence-electron chi connectivity index (χ3n) is 2.15. The van der Waals surface area contributed by atoms with Gasteiger partial charge in [-0.1, -0.05) is 19.1 Å². The Hall–Kier alpha value is -0.900. The summed E-state index contributed by atoms with van der Waals surface area (Å²) in [7, 11) is 0. The Morgan fingerprint density at radius 1 is 1.43 bits per heavy atom. The molecule has 0 amide bonds. The minimum absolute atomic E-state index is 0.520. The molecule has 14 heavy (non-hydrogen) atoms. The van der Waals surface area contributed by atoms with Gasteiger partial charge in [0.2, 0.25) is 0 Å². The largest absolute Gasteiger partial charge is 0.387 e. The maximum Gasteiger partial charge on any atom is 0.111 e. The second-order valence-electron chi connectivity index (χ2n) is 4.12. The summed E-state index contributed by atoms with van der Waals surface area (Å²) < 4.78 is 1.80. The molecule has 0 saturated carbocycles. The Labute approximate surface area is 84.9 Å². The molecule has 1 aromatic rings. The van der Waals surface area contributed by atoms with Crippen molar-refractivity contribution >= 4 is 0 Å². The summed E-state index contributed by atoms with van der Waals surface area (Å²) in [6, 6.07) is 0. The second-order valence-corrected chi connectivity index (χ2v) is 4.12. The van der Waals surface area contributed by atoms with Crippen LogP contribution in [0.5, 0.6) is 0 Å². The van der Waals surface area contributed by atoms with Gasteiger partial charge >= 0.3 is 0 Å². The standard InChI is InChI=1S/C10H19N3O/c1-8(2)5-4-6-13-7-10(9(3)14)11-12-13/h7-9,14H,4-6H2,1-3H3. The van der Waals surface area contributed by atoms with Gasteiger partial charge < -0.3 is 5.11 Å². The van der Waals surface area contributed by atoms with Crippen LogP contribution >= 0.6 is 0 Å². The molecule has 1 heterocycles. The quantitative estimate of drug-likeness (QED) is 0.782. The Bertz CT molecular complexity index is 268. The highest BCUT2D eigenvalue weighted by atomic mass is 16.3. The van der Waals surface area contributed by atoms with Gasteiger partial charge in [0.1, 0.15) is 5.69 Å². The average Bonchev–Trinajstić information content (AvgIpc) is 2.52. The van der Waals surface area contributed by atoms with E-state index in [9.17, 15) is 5.11 Å². The number of hydrogen-bond donors (Lipinski definition) is 1. The minimum Gasteiger partial charge on any atom is -0.387 e. The van der Waals surface area contributed by atoms with Crippen LogP contribution in [0.3, 0.4) is 0 Å². The van der Waals surface area contributed by atoms with Gasteiger partial charge in [0, 0.05) is 6.54 Å². The van der Waals surface area contributed by atoms with Crippen molar-refractivity contribution in [1.29, 1.82) is 0 Å². The lowest BCUT2D eigenvalue weighted by Gasteiger charge is -2.03. The molecular formula is C10H19N3O. The molecule has 0 bridgehead atoms. The third kappa shape index (κ3) is 3.46. The van der Waals surface area contributed by atoms with Crippen molar-refractivity contribution < 1.29 is 5.11 Å². The van der Waals surface area contributed by atoms with Gasteiger partial charge in [-0.3, -0.25) is 4.68 Å². The van der Waals surface area contributed by atoms with E-state index in [4.69, 9.17) is 0 Å². The van der Waals surface area contributed by atoms with Gasteiger partial charge in [0.05, 0.1) is 12.3 Å². The molecule has 1 atom stereocenters. The average molecular weight is 197 g/mol. The van der Waals surface area contributed by atoms with Gasteiger partial charge in [-0.15, -0.1) is 5.10 Å². The molecule has 0 fully saturated rings. The first kappa shape index (κ1) is 11.2. The van der Waals surface area contributed by atoms with Crippen LogP contribution in [0.15, 0.2) is 6.20 Å². The number of rotatable bonds is 5. The SMILES string of the molecule is CC(C)CCCn1cc(C(C)O)nn1. The molecule has 4 heteroatoms. The normalized spacial score (nSPS) is 13.5. The molecule has 0 aliphatic rings. The highest BCUT2D eigenvalue weighted by Crippen LogP contribution is 2.08. The number of aliphatic hydroxyl groups is 1. The maximum absolute atomic E-state index is 9.23. The fraction of sp³-hybridized carbons (Fsp3) is 0.800. The fourth-order valence-electron chi connectivity index (χ4n) is 1.28. The van der Waals surface area contributed by atoms with E-state index < -0.39 is 6.10 Å². The van der Waals surface area contributed by atoms with E-state index in [1.165, 1.54) is 6.42 Å². The van der Waals surface area contributed by atoms with Crippen molar-refractivity contribution in [2.45, 2.75) is 46.3 Å². The predicted octanol–water partition coefficient (Wildman–Crippen LogP) is 1.77. The van der Waals surface area contributed by atoms with E-state index in [-0.39, 0.29) is 0 Å². The van der Waals surface area contributed by atoms with Crippen molar-refractivity contribution in [2.24, 2.45) is 5.92 Å². The molecule has 0 radical (unpaired) electrons. The Morgan fingerprint density at radius 2 is 2.14 bits per heavy atom. The number of hydrogen-bond acceptors (Lipinski definition) is 3. The van der Waals surface area contributed by atoms with Gasteiger partial charge in [-0.05, 0) is 25.7 Å². The van der Waals surface area contributed by atoms with Crippen LogP contribution in [-0.4, -0.2) is 20.1 Å². The first-order valence-corrected chi connectivity index (χ1v) is 5.17. The molecule has 1 rings (SSSR count). The molecule has 1 unspecified atom stereocenters. The maximum atomic E-state index is 9.23. The molecule has 0 aromatic carbocycles. The lowest BCUT2D eigenvalue weighted by atomic mass is 10.1. The van der Waals surface area contributed by atoms with Crippen molar-refractivity contribution in [2.75, 3.05) is 0 Å². The first-order valence-electron chi connectivity index (χ1n) is 5.17. The van der Waals surface area contributed by atoms with Gasteiger partial charge in [0.15, 0.2) is 0 Å². The number of aryl methyl sites for hydroxylation is 1. The smallest absolute Gasteiger partial charge is 0.111 e. The topological polar surface area (TPSA) is 50.9 Å². The molecule has 0 saturated heterocycles. The molecule has 80 valence electrons. The Kier molecular flexibility index (Phi) is 4.07. The van der Waals surface area contributed by atoms with Crippen LogP contribution in [0.1, 0.15) is 45.4 Å². The molecule has 1 N–H and O–H groups in total. The van der Waals surface area contributed by atoms with Crippen molar-refractivity contribution in [3.8, 4) is 0 Å². The van der Waals surface area contributed by atoms with E-state index in [2.05, 4.69) is 24.2 Å². The first-order chi connectivity index (χ1) is 6.59. The van der Waals surface area contributed by atoms with Gasteiger partial charge in [-0.25, -0.2) is 0 Å². The molecule has 0 spiro atoms. The van der Waals surface area contributed by atoms with E-state index in [1.807, 2.05) is 6.20 Å². The monoisotopic (exact) mass is 197 g/mol. The third-order valence-corrected chi connectivity index (χ3v) is 2.15. The lowest BCUT2D eigenvalue weighted by molar-refractivity contribution is 0.194. The molecule has 4 nitrogen and oxygen atoms in total. The highest BCUT2D eigenvalue weighted by Gasteiger charge is 2.05. The summed E-state index contributed by atoms with van der Waals surface area (Å²) in [5.74, 6) is 0.731. The predicted molar refractivity (Wildman–Crippen MR) is 54.7 cm³/mol. The fourth-order valence-corrected chi connectivity index (χ4v) is 1.28. The molecular weight excluding hydrogens is 178 g/mol. The summed E-state index contributed by atoms with van der Waals surface area (Å²) in [6.07, 6.45) is 3.60. The lowest BCUT2D eigenvalue weighted by Crippen LogP contribution is -2.00. The van der Waals surface area contributed by atoms with Gasteiger partial charge in [-0.2, -0.15) is 0 Å². The van der Waals surface area contributed by atoms with Crippen LogP contribution in [0.25, 0.3) is 0 Å². The Morgan fingerprint density at radius 3 is 2.64 bits per heavy atom. The highest BCUT2D eigenvalue weighted by molar-refractivity contribution is 4.95. The zero-order valence-corrected chi connectivity index (χ0v) is 9.14. The van der Waals surface area contributed by atoms with E-state index in [0.717, 1.165) is 18.9 Å². The molecule has 0 aliphatic heterocycles. The van der Waals surface area contributed by atoms with Crippen LogP contribution in [-0.2, 0) is 6.54 Å². The Balaban J connectivity index is 2.36. The van der Waals surface area contributed by atoms with Crippen LogP contribution < -0.4 is 0 Å². The number of nitrogens with zero attached hydrogens (tertiary/aromatic N) is 3. The van der Waals surface area contributed by atoms with Gasteiger partial charge in [0.25, 0.3) is 0 Å². The number of aromatic nitrogens is 3. The molecule has 1 aromatic heterocycles. The zero-order chi connectivity index (χ0) is 10.6. The van der Waals surface area contributed by atoms with E-state index >= 15 is 0 Å². The minimum atomic E-state index is -0.520. The van der Waals surface area contributed by atoms with Crippen molar-refractivity contribution in [3.63, 3.8) is 0 Å². The van der Waals surface area contributed by atoms with E-state index in [0.29, 0.717) is 5.69 Å².